The lowest BCUT2D eigenvalue weighted by Crippen LogP contribution is -2.51. The highest BCUT2D eigenvalue weighted by atomic mass is 79.9. The molecule has 1 saturated heterocycles. The van der Waals surface area contributed by atoms with Crippen LogP contribution in [-0.4, -0.2) is 68.3 Å². The normalized spacial score (nSPS) is 17.1. The molecule has 0 spiro atoms. The first kappa shape index (κ1) is 24.1. The van der Waals surface area contributed by atoms with Crippen molar-refractivity contribution in [3.05, 3.63) is 52.9 Å². The van der Waals surface area contributed by atoms with Crippen LogP contribution in [0.3, 0.4) is 0 Å². The molecule has 184 valence electrons. The molecule has 2 fully saturated rings. The lowest BCUT2D eigenvalue weighted by molar-refractivity contribution is -0.129. The number of benzene rings is 1. The van der Waals surface area contributed by atoms with Crippen LogP contribution in [0.15, 0.2) is 56.7 Å². The Balaban J connectivity index is 1.24. The van der Waals surface area contributed by atoms with Crippen molar-refractivity contribution in [2.75, 3.05) is 31.9 Å². The molecule has 2 amide bonds. The summed E-state index contributed by atoms with van der Waals surface area (Å²) in [6, 6.07) is 11.9. The Bertz CT molecular complexity index is 1150. The molecule has 0 bridgehead atoms. The van der Waals surface area contributed by atoms with Gasteiger partial charge in [0.05, 0.1) is 12.0 Å². The number of hydrogen-bond donors (Lipinski definition) is 0. The molecule has 35 heavy (non-hydrogen) atoms. The highest BCUT2D eigenvalue weighted by Crippen LogP contribution is 2.36. The van der Waals surface area contributed by atoms with Gasteiger partial charge in [-0.2, -0.15) is 0 Å². The van der Waals surface area contributed by atoms with Crippen LogP contribution >= 0.6 is 27.7 Å². The minimum atomic E-state index is -0.127. The summed E-state index contributed by atoms with van der Waals surface area (Å²) >= 11 is 4.96. The van der Waals surface area contributed by atoms with Crippen LogP contribution in [0.1, 0.15) is 48.7 Å². The summed E-state index contributed by atoms with van der Waals surface area (Å²) in [7, 11) is 0. The van der Waals surface area contributed by atoms with Gasteiger partial charge in [-0.3, -0.25) is 14.2 Å². The standard InChI is InChI=1S/C25H28BrN5O3S/c26-19-10-8-18(9-11-19)23-27-28-25(31(23)20-5-2-1-3-6-20)35-17-22(32)29-12-14-30(15-13-29)24(33)21-7-4-16-34-21/h4,7-11,16,20H,1-3,5-6,12-15,17H2. The minimum Gasteiger partial charge on any atom is -0.459 e. The molecule has 5 rings (SSSR count). The molecule has 10 heteroatoms. The van der Waals surface area contributed by atoms with Crippen LogP contribution in [0.4, 0.5) is 0 Å². The van der Waals surface area contributed by atoms with Crippen molar-refractivity contribution in [3.8, 4) is 11.4 Å². The van der Waals surface area contributed by atoms with Gasteiger partial charge in [-0.05, 0) is 37.1 Å². The van der Waals surface area contributed by atoms with E-state index in [2.05, 4.69) is 42.8 Å². The average molecular weight is 559 g/mol. The van der Waals surface area contributed by atoms with Crippen LogP contribution in [0.5, 0.6) is 0 Å². The van der Waals surface area contributed by atoms with Crippen molar-refractivity contribution in [1.82, 2.24) is 24.6 Å². The fourth-order valence-electron chi connectivity index (χ4n) is 4.77. The number of thioether (sulfide) groups is 1. The summed E-state index contributed by atoms with van der Waals surface area (Å²) < 4.78 is 8.49. The molecule has 1 aliphatic heterocycles. The highest BCUT2D eigenvalue weighted by molar-refractivity contribution is 9.10. The predicted molar refractivity (Wildman–Crippen MR) is 137 cm³/mol. The van der Waals surface area contributed by atoms with Gasteiger partial charge in [-0.25, -0.2) is 0 Å². The summed E-state index contributed by atoms with van der Waals surface area (Å²) in [6.45, 7) is 2.04. The van der Waals surface area contributed by atoms with Crippen LogP contribution in [0, 0.1) is 0 Å². The largest absolute Gasteiger partial charge is 0.459 e. The maximum atomic E-state index is 13.0. The summed E-state index contributed by atoms with van der Waals surface area (Å²) in [5, 5.41) is 9.84. The lowest BCUT2D eigenvalue weighted by atomic mass is 9.95. The van der Waals surface area contributed by atoms with Crippen molar-refractivity contribution in [3.63, 3.8) is 0 Å². The van der Waals surface area contributed by atoms with E-state index in [9.17, 15) is 9.59 Å². The van der Waals surface area contributed by atoms with Crippen LogP contribution in [0.25, 0.3) is 11.4 Å². The number of aromatic nitrogens is 3. The number of halogens is 1. The maximum absolute atomic E-state index is 13.0. The topological polar surface area (TPSA) is 84.5 Å². The third-order valence-corrected chi connectivity index (χ3v) is 8.14. The van der Waals surface area contributed by atoms with Crippen molar-refractivity contribution in [2.45, 2.75) is 43.3 Å². The van der Waals surface area contributed by atoms with E-state index in [0.29, 0.717) is 43.7 Å². The van der Waals surface area contributed by atoms with Gasteiger partial charge in [0, 0.05) is 42.3 Å². The molecule has 0 unspecified atom stereocenters. The first-order chi connectivity index (χ1) is 17.1. The molecule has 8 nitrogen and oxygen atoms in total. The van der Waals surface area contributed by atoms with E-state index in [-0.39, 0.29) is 11.8 Å². The highest BCUT2D eigenvalue weighted by Gasteiger charge is 2.28. The van der Waals surface area contributed by atoms with Gasteiger partial charge in [0.25, 0.3) is 5.91 Å². The van der Waals surface area contributed by atoms with Gasteiger partial charge in [0.15, 0.2) is 16.7 Å². The van der Waals surface area contributed by atoms with Gasteiger partial charge >= 0.3 is 0 Å². The molecule has 3 aromatic rings. The molecule has 0 radical (unpaired) electrons. The first-order valence-electron chi connectivity index (χ1n) is 12.0. The third kappa shape index (κ3) is 5.48. The number of nitrogens with zero attached hydrogens (tertiary/aromatic N) is 5. The zero-order chi connectivity index (χ0) is 24.2. The van der Waals surface area contributed by atoms with Gasteiger partial charge in [0.1, 0.15) is 0 Å². The molecule has 1 aliphatic carbocycles. The Morgan fingerprint density at radius 2 is 1.69 bits per heavy atom. The van der Waals surface area contributed by atoms with Crippen molar-refractivity contribution >= 4 is 39.5 Å². The zero-order valence-corrected chi connectivity index (χ0v) is 21.8. The number of rotatable bonds is 6. The molecule has 3 heterocycles. The summed E-state index contributed by atoms with van der Waals surface area (Å²) in [6.07, 6.45) is 7.38. The van der Waals surface area contributed by atoms with Crippen LogP contribution < -0.4 is 0 Å². The van der Waals surface area contributed by atoms with Crippen molar-refractivity contribution in [2.24, 2.45) is 0 Å². The van der Waals surface area contributed by atoms with E-state index in [1.54, 1.807) is 17.0 Å². The molecular weight excluding hydrogens is 530 g/mol. The summed E-state index contributed by atoms with van der Waals surface area (Å²) in [5.41, 5.74) is 1.03. The Hall–Kier alpha value is -2.59. The molecule has 1 saturated carbocycles. The summed E-state index contributed by atoms with van der Waals surface area (Å²) in [4.78, 5) is 29.0. The van der Waals surface area contributed by atoms with Gasteiger partial charge in [-0.1, -0.05) is 59.1 Å². The van der Waals surface area contributed by atoms with E-state index in [4.69, 9.17) is 4.42 Å². The maximum Gasteiger partial charge on any atom is 0.289 e. The Labute approximate surface area is 217 Å². The zero-order valence-electron chi connectivity index (χ0n) is 19.4. The van der Waals surface area contributed by atoms with E-state index < -0.39 is 0 Å². The monoisotopic (exact) mass is 557 g/mol. The summed E-state index contributed by atoms with van der Waals surface area (Å²) in [5.74, 6) is 1.44. The minimum absolute atomic E-state index is 0.0588. The first-order valence-corrected chi connectivity index (χ1v) is 13.8. The molecule has 0 atom stereocenters. The lowest BCUT2D eigenvalue weighted by Gasteiger charge is -2.34. The fourth-order valence-corrected chi connectivity index (χ4v) is 5.94. The quantitative estimate of drug-likeness (QED) is 0.401. The average Bonchev–Trinajstić information content (AvgIpc) is 3.59. The second kappa shape index (κ2) is 11.0. The smallest absolute Gasteiger partial charge is 0.289 e. The van der Waals surface area contributed by atoms with Gasteiger partial charge < -0.3 is 14.2 Å². The Morgan fingerprint density at radius 3 is 2.37 bits per heavy atom. The van der Waals surface area contributed by atoms with Crippen LogP contribution in [-0.2, 0) is 4.79 Å². The van der Waals surface area contributed by atoms with E-state index in [1.807, 2.05) is 17.0 Å². The van der Waals surface area contributed by atoms with Crippen LogP contribution in [0.2, 0.25) is 0 Å². The van der Waals surface area contributed by atoms with Gasteiger partial charge in [0.2, 0.25) is 5.91 Å². The molecular formula is C25H28BrN5O3S. The second-order valence-corrected chi connectivity index (χ2v) is 10.8. The van der Waals surface area contributed by atoms with Crippen molar-refractivity contribution in [1.29, 1.82) is 0 Å². The number of carbonyl (C=O) groups is 2. The number of furan rings is 1. The van der Waals surface area contributed by atoms with E-state index >= 15 is 0 Å². The van der Waals surface area contributed by atoms with E-state index in [1.165, 1.54) is 37.3 Å². The fraction of sp³-hybridized carbons (Fsp3) is 0.440. The van der Waals surface area contributed by atoms with E-state index in [0.717, 1.165) is 33.9 Å². The molecule has 2 aliphatic rings. The van der Waals surface area contributed by atoms with Crippen molar-refractivity contribution < 1.29 is 14.0 Å². The number of amides is 2. The van der Waals surface area contributed by atoms with Gasteiger partial charge in [-0.15, -0.1) is 10.2 Å². The molecule has 1 aromatic carbocycles. The predicted octanol–water partition coefficient (Wildman–Crippen LogP) is 4.88. The molecule has 0 N–H and O–H groups in total. The Kier molecular flexibility index (Phi) is 7.57. The second-order valence-electron chi connectivity index (χ2n) is 8.91. The number of hydrogen-bond acceptors (Lipinski definition) is 6. The molecule has 2 aromatic heterocycles. The SMILES string of the molecule is O=C(CSc1nnc(-c2ccc(Br)cc2)n1C1CCCCC1)N1CCN(C(=O)c2ccco2)CC1. The third-order valence-electron chi connectivity index (χ3n) is 6.68. The Morgan fingerprint density at radius 1 is 0.971 bits per heavy atom. The number of carbonyl (C=O) groups excluding carboxylic acids is 2. The number of piperazine rings is 1.